The normalized spacial score (nSPS) is 18.0. The number of fused-ring (bicyclic) bond motifs is 1. The second-order valence-electron chi connectivity index (χ2n) is 7.11. The first kappa shape index (κ1) is 20.2. The molecule has 1 aliphatic rings. The third kappa shape index (κ3) is 3.48. The van der Waals surface area contributed by atoms with Gasteiger partial charge in [0.05, 0.1) is 19.8 Å². The Bertz CT molecular complexity index is 941. The predicted molar refractivity (Wildman–Crippen MR) is 117 cm³/mol. The standard InChI is InChI=1S/C24H25NO2.ClH/c1-24(20-11-9-18(10-12-20)17-7-5-4-6-8-17)21-16-23(27-3)22(26-2)15-19(21)13-14-25-24;/h4-12,15-16,25H,13-14H2,1-3H3;1H. The van der Waals surface area contributed by atoms with Gasteiger partial charge in [0.15, 0.2) is 11.5 Å². The van der Waals surface area contributed by atoms with E-state index in [2.05, 4.69) is 72.9 Å². The van der Waals surface area contributed by atoms with Crippen molar-refractivity contribution in [2.75, 3.05) is 20.8 Å². The van der Waals surface area contributed by atoms with E-state index in [0.29, 0.717) is 0 Å². The molecule has 0 amide bonds. The van der Waals surface area contributed by atoms with Gasteiger partial charge < -0.3 is 14.8 Å². The molecule has 0 radical (unpaired) electrons. The fourth-order valence-electron chi connectivity index (χ4n) is 4.02. The van der Waals surface area contributed by atoms with E-state index in [1.54, 1.807) is 14.2 Å². The summed E-state index contributed by atoms with van der Waals surface area (Å²) in [5.74, 6) is 1.56. The highest BCUT2D eigenvalue weighted by molar-refractivity contribution is 5.85. The Morgan fingerprint density at radius 2 is 1.43 bits per heavy atom. The van der Waals surface area contributed by atoms with Crippen LogP contribution in [0.4, 0.5) is 0 Å². The van der Waals surface area contributed by atoms with Crippen LogP contribution in [0.3, 0.4) is 0 Å². The lowest BCUT2D eigenvalue weighted by molar-refractivity contribution is 0.348. The van der Waals surface area contributed by atoms with Crippen LogP contribution in [0.5, 0.6) is 11.5 Å². The highest BCUT2D eigenvalue weighted by Crippen LogP contribution is 2.41. The van der Waals surface area contributed by atoms with Gasteiger partial charge in [-0.3, -0.25) is 0 Å². The van der Waals surface area contributed by atoms with Gasteiger partial charge in [-0.05, 0) is 53.3 Å². The maximum absolute atomic E-state index is 5.56. The van der Waals surface area contributed by atoms with Crippen LogP contribution in [0.1, 0.15) is 23.6 Å². The summed E-state index contributed by atoms with van der Waals surface area (Å²) in [5, 5.41) is 3.72. The summed E-state index contributed by atoms with van der Waals surface area (Å²) in [6.45, 7) is 3.17. The predicted octanol–water partition coefficient (Wildman–Crippen LogP) is 5.20. The Hall–Kier alpha value is -2.49. The molecule has 1 N–H and O–H groups in total. The van der Waals surface area contributed by atoms with Crippen molar-refractivity contribution in [3.8, 4) is 22.6 Å². The number of nitrogens with one attached hydrogen (secondary N) is 1. The number of hydrogen-bond acceptors (Lipinski definition) is 3. The van der Waals surface area contributed by atoms with E-state index in [0.717, 1.165) is 24.5 Å². The Kier molecular flexibility index (Phi) is 5.97. The van der Waals surface area contributed by atoms with Gasteiger partial charge in [-0.2, -0.15) is 0 Å². The van der Waals surface area contributed by atoms with Gasteiger partial charge in [0, 0.05) is 6.54 Å². The molecule has 0 saturated carbocycles. The Labute approximate surface area is 173 Å². The zero-order valence-corrected chi connectivity index (χ0v) is 17.3. The molecule has 28 heavy (non-hydrogen) atoms. The monoisotopic (exact) mass is 395 g/mol. The summed E-state index contributed by atoms with van der Waals surface area (Å²) < 4.78 is 11.1. The molecule has 3 nitrogen and oxygen atoms in total. The molecule has 0 bridgehead atoms. The number of benzene rings is 3. The molecule has 0 aliphatic carbocycles. The van der Waals surface area contributed by atoms with Gasteiger partial charge in [0.25, 0.3) is 0 Å². The van der Waals surface area contributed by atoms with Gasteiger partial charge in [-0.25, -0.2) is 0 Å². The van der Waals surface area contributed by atoms with Crippen LogP contribution in [0.2, 0.25) is 0 Å². The van der Waals surface area contributed by atoms with E-state index >= 15 is 0 Å². The molecule has 1 unspecified atom stereocenters. The minimum Gasteiger partial charge on any atom is -0.493 e. The summed E-state index contributed by atoms with van der Waals surface area (Å²) in [5.41, 5.74) is 6.00. The minimum atomic E-state index is -0.262. The molecular formula is C24H26ClNO2. The molecule has 0 fully saturated rings. The van der Waals surface area contributed by atoms with Gasteiger partial charge in [0.1, 0.15) is 0 Å². The second kappa shape index (κ2) is 8.26. The number of halogens is 1. The Balaban J connectivity index is 0.00000225. The number of methoxy groups -OCH3 is 2. The summed E-state index contributed by atoms with van der Waals surface area (Å²) in [6.07, 6.45) is 0.980. The third-order valence-corrected chi connectivity index (χ3v) is 5.59. The number of hydrogen-bond donors (Lipinski definition) is 1. The smallest absolute Gasteiger partial charge is 0.161 e. The van der Waals surface area contributed by atoms with Crippen LogP contribution >= 0.6 is 12.4 Å². The van der Waals surface area contributed by atoms with E-state index in [-0.39, 0.29) is 17.9 Å². The second-order valence-corrected chi connectivity index (χ2v) is 7.11. The van der Waals surface area contributed by atoms with E-state index in [1.807, 2.05) is 6.07 Å². The third-order valence-electron chi connectivity index (χ3n) is 5.59. The van der Waals surface area contributed by atoms with Crippen molar-refractivity contribution in [3.05, 3.63) is 83.4 Å². The number of rotatable bonds is 4. The van der Waals surface area contributed by atoms with Crippen molar-refractivity contribution in [2.24, 2.45) is 0 Å². The molecule has 1 aliphatic heterocycles. The molecule has 4 heteroatoms. The lowest BCUT2D eigenvalue weighted by Crippen LogP contribution is -2.45. The van der Waals surface area contributed by atoms with Gasteiger partial charge >= 0.3 is 0 Å². The highest BCUT2D eigenvalue weighted by atomic mass is 35.5. The van der Waals surface area contributed by atoms with Crippen LogP contribution < -0.4 is 14.8 Å². The van der Waals surface area contributed by atoms with Crippen LogP contribution in [-0.2, 0) is 12.0 Å². The molecule has 1 atom stereocenters. The van der Waals surface area contributed by atoms with Crippen LogP contribution in [0, 0.1) is 0 Å². The van der Waals surface area contributed by atoms with E-state index < -0.39 is 0 Å². The fourth-order valence-corrected chi connectivity index (χ4v) is 4.02. The largest absolute Gasteiger partial charge is 0.493 e. The van der Waals surface area contributed by atoms with Crippen LogP contribution in [0.25, 0.3) is 11.1 Å². The van der Waals surface area contributed by atoms with E-state index in [4.69, 9.17) is 9.47 Å². The summed E-state index contributed by atoms with van der Waals surface area (Å²) >= 11 is 0. The first-order valence-corrected chi connectivity index (χ1v) is 9.32. The van der Waals surface area contributed by atoms with E-state index in [9.17, 15) is 0 Å². The Morgan fingerprint density at radius 3 is 2.07 bits per heavy atom. The zero-order chi connectivity index (χ0) is 18.9. The van der Waals surface area contributed by atoms with Crippen molar-refractivity contribution in [1.82, 2.24) is 5.32 Å². The number of ether oxygens (including phenoxy) is 2. The minimum absolute atomic E-state index is 0. The molecule has 0 saturated heterocycles. The van der Waals surface area contributed by atoms with Gasteiger partial charge in [-0.1, -0.05) is 54.6 Å². The molecule has 3 aromatic carbocycles. The Morgan fingerprint density at radius 1 is 0.821 bits per heavy atom. The first-order chi connectivity index (χ1) is 13.2. The maximum atomic E-state index is 5.56. The molecule has 3 aromatic rings. The van der Waals surface area contributed by atoms with Crippen molar-refractivity contribution in [2.45, 2.75) is 18.9 Å². The van der Waals surface area contributed by atoms with Crippen molar-refractivity contribution in [3.63, 3.8) is 0 Å². The van der Waals surface area contributed by atoms with Crippen molar-refractivity contribution < 1.29 is 9.47 Å². The van der Waals surface area contributed by atoms with Crippen molar-refractivity contribution in [1.29, 1.82) is 0 Å². The topological polar surface area (TPSA) is 30.5 Å². The van der Waals surface area contributed by atoms with Crippen molar-refractivity contribution >= 4 is 12.4 Å². The summed E-state index contributed by atoms with van der Waals surface area (Å²) in [4.78, 5) is 0. The zero-order valence-electron chi connectivity index (χ0n) is 16.5. The van der Waals surface area contributed by atoms with Gasteiger partial charge in [0.2, 0.25) is 0 Å². The highest BCUT2D eigenvalue weighted by Gasteiger charge is 2.34. The molecule has 1 heterocycles. The van der Waals surface area contributed by atoms with Crippen LogP contribution in [-0.4, -0.2) is 20.8 Å². The SMILES string of the molecule is COc1cc2c(cc1OC)C(C)(c1ccc(-c3ccccc3)cc1)NCC2.Cl. The average molecular weight is 396 g/mol. The fraction of sp³-hybridized carbons (Fsp3) is 0.250. The maximum Gasteiger partial charge on any atom is 0.161 e. The quantitative estimate of drug-likeness (QED) is 0.658. The summed E-state index contributed by atoms with van der Waals surface area (Å²) in [7, 11) is 3.37. The molecule has 4 rings (SSSR count). The molecular weight excluding hydrogens is 370 g/mol. The molecule has 0 spiro atoms. The first-order valence-electron chi connectivity index (χ1n) is 9.32. The average Bonchev–Trinajstić information content (AvgIpc) is 2.74. The molecule has 146 valence electrons. The summed E-state index contributed by atoms with van der Waals surface area (Å²) in [6, 6.07) is 23.6. The van der Waals surface area contributed by atoms with Gasteiger partial charge in [-0.15, -0.1) is 12.4 Å². The molecule has 0 aromatic heterocycles. The van der Waals surface area contributed by atoms with Crippen LogP contribution in [0.15, 0.2) is 66.7 Å². The lowest BCUT2D eigenvalue weighted by Gasteiger charge is -2.38. The lowest BCUT2D eigenvalue weighted by atomic mass is 9.78. The van der Waals surface area contributed by atoms with E-state index in [1.165, 1.54) is 27.8 Å².